The van der Waals surface area contributed by atoms with Crippen molar-refractivity contribution in [3.63, 3.8) is 0 Å². The van der Waals surface area contributed by atoms with Gasteiger partial charge in [-0.1, -0.05) is 43.2 Å². The molecule has 1 atom stereocenters. The first-order valence-electron chi connectivity index (χ1n) is 9.61. The second-order valence-electron chi connectivity index (χ2n) is 7.27. The van der Waals surface area contributed by atoms with E-state index in [1.54, 1.807) is 0 Å². The number of carbonyl (C=O) groups is 1. The molecule has 1 aromatic carbocycles. The third kappa shape index (κ3) is 5.53. The number of hydrogen-bond donors (Lipinski definition) is 1. The first-order valence-corrected chi connectivity index (χ1v) is 9.61. The van der Waals surface area contributed by atoms with Crippen molar-refractivity contribution in [1.82, 2.24) is 15.1 Å². The minimum Gasteiger partial charge on any atom is -0.360 e. The number of nitrogens with zero attached hydrogens (tertiary/aromatic N) is 2. The number of benzene rings is 1. The van der Waals surface area contributed by atoms with Crippen molar-refractivity contribution >= 4 is 5.91 Å². The molecular weight excluding hydrogens is 314 g/mol. The second-order valence-corrected chi connectivity index (χ2v) is 7.27. The van der Waals surface area contributed by atoms with Crippen LogP contribution in [0.4, 0.5) is 0 Å². The molecule has 1 amide bonds. The van der Waals surface area contributed by atoms with Gasteiger partial charge in [-0.2, -0.15) is 0 Å². The van der Waals surface area contributed by atoms with Crippen LogP contribution in [-0.2, 0) is 9.53 Å². The summed E-state index contributed by atoms with van der Waals surface area (Å²) in [5, 5.41) is 3.09. The fraction of sp³-hybridized carbons (Fsp3) is 0.650. The molecule has 5 nitrogen and oxygen atoms in total. The van der Waals surface area contributed by atoms with Crippen molar-refractivity contribution in [2.75, 3.05) is 46.3 Å². The molecule has 0 aromatic heterocycles. The third-order valence-corrected chi connectivity index (χ3v) is 5.29. The van der Waals surface area contributed by atoms with Gasteiger partial charge >= 0.3 is 0 Å². The maximum absolute atomic E-state index is 12.8. The molecule has 1 heterocycles. The zero-order valence-corrected chi connectivity index (χ0v) is 15.3. The molecule has 2 aliphatic rings. The van der Waals surface area contributed by atoms with Gasteiger partial charge in [0.1, 0.15) is 0 Å². The molecule has 25 heavy (non-hydrogen) atoms. The Labute approximate surface area is 151 Å². The first kappa shape index (κ1) is 18.4. The van der Waals surface area contributed by atoms with Crippen LogP contribution in [0.25, 0.3) is 0 Å². The number of rotatable bonds is 7. The molecule has 2 fully saturated rings. The van der Waals surface area contributed by atoms with E-state index in [0.29, 0.717) is 6.54 Å². The molecule has 1 aliphatic heterocycles. The number of amides is 1. The predicted molar refractivity (Wildman–Crippen MR) is 99.5 cm³/mol. The SMILES string of the molecule is CN1CCN(CCNC(=O)C(OC2CCCC2)c2ccccc2)CC1. The van der Waals surface area contributed by atoms with Crippen molar-refractivity contribution in [2.45, 2.75) is 37.9 Å². The molecule has 1 aromatic rings. The lowest BCUT2D eigenvalue weighted by atomic mass is 10.1. The van der Waals surface area contributed by atoms with Crippen LogP contribution in [0.3, 0.4) is 0 Å². The van der Waals surface area contributed by atoms with Crippen LogP contribution in [0.5, 0.6) is 0 Å². The number of hydrogen-bond acceptors (Lipinski definition) is 4. The summed E-state index contributed by atoms with van der Waals surface area (Å²) in [6.07, 6.45) is 4.27. The second kappa shape index (κ2) is 9.32. The molecule has 1 unspecified atom stereocenters. The van der Waals surface area contributed by atoms with Gasteiger partial charge in [0.25, 0.3) is 5.91 Å². The highest BCUT2D eigenvalue weighted by Gasteiger charge is 2.27. The molecule has 0 radical (unpaired) electrons. The van der Waals surface area contributed by atoms with Crippen molar-refractivity contribution in [3.8, 4) is 0 Å². The van der Waals surface area contributed by atoms with Crippen LogP contribution >= 0.6 is 0 Å². The summed E-state index contributed by atoms with van der Waals surface area (Å²) in [4.78, 5) is 17.5. The molecule has 5 heteroatoms. The van der Waals surface area contributed by atoms with Gasteiger partial charge in [-0.15, -0.1) is 0 Å². The molecule has 1 saturated carbocycles. The van der Waals surface area contributed by atoms with E-state index in [0.717, 1.165) is 51.1 Å². The Bertz CT molecular complexity index is 523. The van der Waals surface area contributed by atoms with Crippen molar-refractivity contribution in [1.29, 1.82) is 0 Å². The standard InChI is InChI=1S/C20H31N3O2/c1-22-13-15-23(16-14-22)12-11-21-20(24)19(17-7-3-2-4-8-17)25-18-9-5-6-10-18/h2-4,7-8,18-19H,5-6,9-16H2,1H3,(H,21,24). The number of carbonyl (C=O) groups excluding carboxylic acids is 1. The summed E-state index contributed by atoms with van der Waals surface area (Å²) in [5.41, 5.74) is 0.950. The summed E-state index contributed by atoms with van der Waals surface area (Å²) >= 11 is 0. The summed E-state index contributed by atoms with van der Waals surface area (Å²) in [6.45, 7) is 5.95. The normalized spacial score (nSPS) is 21.3. The smallest absolute Gasteiger partial charge is 0.253 e. The van der Waals surface area contributed by atoms with E-state index in [-0.39, 0.29) is 12.0 Å². The molecular formula is C20H31N3O2. The number of piperazine rings is 1. The number of ether oxygens (including phenoxy) is 1. The highest BCUT2D eigenvalue weighted by molar-refractivity contribution is 5.82. The zero-order valence-electron chi connectivity index (χ0n) is 15.3. The highest BCUT2D eigenvalue weighted by Crippen LogP contribution is 2.28. The molecule has 138 valence electrons. The van der Waals surface area contributed by atoms with Gasteiger partial charge in [-0.05, 0) is 25.5 Å². The number of likely N-dealkylation sites (N-methyl/N-ethyl adjacent to an activating group) is 1. The first-order chi connectivity index (χ1) is 12.2. The summed E-state index contributed by atoms with van der Waals surface area (Å²) < 4.78 is 6.18. The summed E-state index contributed by atoms with van der Waals surface area (Å²) in [5.74, 6) is -0.00720. The Balaban J connectivity index is 1.51. The maximum atomic E-state index is 12.8. The van der Waals surface area contributed by atoms with Crippen LogP contribution in [-0.4, -0.2) is 68.1 Å². The third-order valence-electron chi connectivity index (χ3n) is 5.29. The monoisotopic (exact) mass is 345 g/mol. The fourth-order valence-electron chi connectivity index (χ4n) is 3.64. The molecule has 0 bridgehead atoms. The maximum Gasteiger partial charge on any atom is 0.253 e. The molecule has 0 spiro atoms. The molecule has 1 saturated heterocycles. The average molecular weight is 345 g/mol. The van der Waals surface area contributed by atoms with Gasteiger partial charge in [-0.25, -0.2) is 0 Å². The van der Waals surface area contributed by atoms with Crippen LogP contribution < -0.4 is 5.32 Å². The van der Waals surface area contributed by atoms with Gasteiger partial charge in [0.15, 0.2) is 6.10 Å². The largest absolute Gasteiger partial charge is 0.360 e. The lowest BCUT2D eigenvalue weighted by Crippen LogP contribution is -2.47. The quantitative estimate of drug-likeness (QED) is 0.821. The predicted octanol–water partition coefficient (Wildman–Crippen LogP) is 2.05. The van der Waals surface area contributed by atoms with E-state index in [2.05, 4.69) is 22.2 Å². The Morgan fingerprint density at radius 2 is 1.84 bits per heavy atom. The van der Waals surface area contributed by atoms with Crippen molar-refractivity contribution < 1.29 is 9.53 Å². The molecule has 1 N–H and O–H groups in total. The molecule has 3 rings (SSSR count). The van der Waals surface area contributed by atoms with Gasteiger partial charge in [0.05, 0.1) is 6.10 Å². The highest BCUT2D eigenvalue weighted by atomic mass is 16.5. The Hall–Kier alpha value is -1.43. The zero-order chi connectivity index (χ0) is 17.5. The van der Waals surface area contributed by atoms with Crippen LogP contribution in [0.1, 0.15) is 37.4 Å². The van der Waals surface area contributed by atoms with Crippen molar-refractivity contribution in [2.24, 2.45) is 0 Å². The minimum atomic E-state index is -0.489. The Morgan fingerprint density at radius 3 is 2.52 bits per heavy atom. The number of nitrogens with one attached hydrogen (secondary N) is 1. The van der Waals surface area contributed by atoms with Gasteiger partial charge in [-0.3, -0.25) is 9.69 Å². The van der Waals surface area contributed by atoms with E-state index in [1.807, 2.05) is 30.3 Å². The Kier molecular flexibility index (Phi) is 6.84. The lowest BCUT2D eigenvalue weighted by molar-refractivity contribution is -0.137. The van der Waals surface area contributed by atoms with Crippen LogP contribution in [0, 0.1) is 0 Å². The average Bonchev–Trinajstić information content (AvgIpc) is 3.15. The van der Waals surface area contributed by atoms with Gasteiger partial charge in [0.2, 0.25) is 0 Å². The topological polar surface area (TPSA) is 44.8 Å². The van der Waals surface area contributed by atoms with Gasteiger partial charge in [0, 0.05) is 39.3 Å². The van der Waals surface area contributed by atoms with Crippen LogP contribution in [0.15, 0.2) is 30.3 Å². The van der Waals surface area contributed by atoms with E-state index >= 15 is 0 Å². The van der Waals surface area contributed by atoms with Crippen molar-refractivity contribution in [3.05, 3.63) is 35.9 Å². The van der Waals surface area contributed by atoms with E-state index in [9.17, 15) is 4.79 Å². The minimum absolute atomic E-state index is 0.00720. The Morgan fingerprint density at radius 1 is 1.16 bits per heavy atom. The lowest BCUT2D eigenvalue weighted by Gasteiger charge is -2.32. The van der Waals surface area contributed by atoms with Crippen LogP contribution in [0.2, 0.25) is 0 Å². The molecule has 1 aliphatic carbocycles. The summed E-state index contributed by atoms with van der Waals surface area (Å²) in [7, 11) is 2.16. The van der Waals surface area contributed by atoms with Gasteiger partial charge < -0.3 is 15.0 Å². The fourth-order valence-corrected chi connectivity index (χ4v) is 3.64. The van der Waals surface area contributed by atoms with E-state index in [4.69, 9.17) is 4.74 Å². The van der Waals surface area contributed by atoms with E-state index < -0.39 is 6.10 Å². The summed E-state index contributed by atoms with van der Waals surface area (Å²) in [6, 6.07) is 9.89. The van der Waals surface area contributed by atoms with E-state index in [1.165, 1.54) is 12.8 Å².